The Kier molecular flexibility index (Phi) is 3.32. The first-order chi connectivity index (χ1) is 8.49. The average molecular weight is 256 g/mol. The van der Waals surface area contributed by atoms with E-state index < -0.39 is 6.36 Å². The molecule has 1 aliphatic rings. The Hall–Kier alpha value is -1.90. The summed E-state index contributed by atoms with van der Waals surface area (Å²) in [7, 11) is 0. The number of hydrogen-bond acceptors (Lipinski definition) is 3. The van der Waals surface area contributed by atoms with Gasteiger partial charge in [0.2, 0.25) is 0 Å². The molecule has 0 radical (unpaired) electrons. The SMILES string of the molecule is N#Cc1ccc(OC(F)(F)F)cc1N1CCCC1. The topological polar surface area (TPSA) is 36.3 Å². The molecule has 2 rings (SSSR count). The van der Waals surface area contributed by atoms with E-state index in [2.05, 4.69) is 4.74 Å². The average Bonchev–Trinajstić information content (AvgIpc) is 2.80. The molecule has 0 spiro atoms. The maximum absolute atomic E-state index is 12.1. The van der Waals surface area contributed by atoms with Gasteiger partial charge in [-0.25, -0.2) is 0 Å². The van der Waals surface area contributed by atoms with Gasteiger partial charge in [-0.1, -0.05) is 0 Å². The van der Waals surface area contributed by atoms with Crippen LogP contribution in [0.2, 0.25) is 0 Å². The minimum absolute atomic E-state index is 0.289. The summed E-state index contributed by atoms with van der Waals surface area (Å²) in [6, 6.07) is 5.77. The summed E-state index contributed by atoms with van der Waals surface area (Å²) in [6.45, 7) is 1.51. The summed E-state index contributed by atoms with van der Waals surface area (Å²) >= 11 is 0. The smallest absolute Gasteiger partial charge is 0.406 e. The Morgan fingerprint density at radius 2 is 1.89 bits per heavy atom. The molecule has 0 atom stereocenters. The van der Waals surface area contributed by atoms with Crippen molar-refractivity contribution in [2.75, 3.05) is 18.0 Å². The third-order valence-corrected chi connectivity index (χ3v) is 2.77. The van der Waals surface area contributed by atoms with Crippen molar-refractivity contribution in [2.24, 2.45) is 0 Å². The molecule has 1 fully saturated rings. The molecule has 96 valence electrons. The summed E-state index contributed by atoms with van der Waals surface area (Å²) in [4.78, 5) is 1.90. The molecule has 1 aliphatic heterocycles. The third kappa shape index (κ3) is 2.86. The molecule has 0 saturated carbocycles. The molecular formula is C12H11F3N2O. The number of benzene rings is 1. The van der Waals surface area contributed by atoms with Crippen molar-refractivity contribution in [3.05, 3.63) is 23.8 Å². The van der Waals surface area contributed by atoms with Crippen LogP contribution in [-0.4, -0.2) is 19.5 Å². The lowest BCUT2D eigenvalue weighted by Crippen LogP contribution is -2.20. The van der Waals surface area contributed by atoms with E-state index in [4.69, 9.17) is 5.26 Å². The number of halogens is 3. The lowest BCUT2D eigenvalue weighted by Gasteiger charge is -2.20. The first-order valence-electron chi connectivity index (χ1n) is 5.54. The first-order valence-corrected chi connectivity index (χ1v) is 5.54. The van der Waals surface area contributed by atoms with Crippen molar-refractivity contribution in [3.8, 4) is 11.8 Å². The van der Waals surface area contributed by atoms with Gasteiger partial charge in [-0.2, -0.15) is 5.26 Å². The van der Waals surface area contributed by atoms with Gasteiger partial charge in [0.1, 0.15) is 11.8 Å². The molecular weight excluding hydrogens is 245 g/mol. The highest BCUT2D eigenvalue weighted by molar-refractivity contribution is 5.62. The predicted octanol–water partition coefficient (Wildman–Crippen LogP) is 3.06. The predicted molar refractivity (Wildman–Crippen MR) is 59.3 cm³/mol. The summed E-state index contributed by atoms with van der Waals surface area (Å²) in [5.74, 6) is -0.289. The largest absolute Gasteiger partial charge is 0.573 e. The summed E-state index contributed by atoms with van der Waals surface area (Å²) in [5.41, 5.74) is 0.878. The van der Waals surface area contributed by atoms with Gasteiger partial charge in [-0.15, -0.1) is 13.2 Å². The fourth-order valence-corrected chi connectivity index (χ4v) is 2.02. The fourth-order valence-electron chi connectivity index (χ4n) is 2.02. The standard InChI is InChI=1S/C12H11F3N2O/c13-12(14,15)18-10-4-3-9(8-16)11(7-10)17-5-1-2-6-17/h3-4,7H,1-2,5-6H2. The van der Waals surface area contributed by atoms with Gasteiger partial charge < -0.3 is 9.64 Å². The Balaban J connectivity index is 2.30. The monoisotopic (exact) mass is 256 g/mol. The molecule has 3 nitrogen and oxygen atoms in total. The Morgan fingerprint density at radius 3 is 2.44 bits per heavy atom. The van der Waals surface area contributed by atoms with E-state index in [9.17, 15) is 13.2 Å². The van der Waals surface area contributed by atoms with E-state index in [0.29, 0.717) is 11.3 Å². The van der Waals surface area contributed by atoms with Crippen LogP contribution in [0, 0.1) is 11.3 Å². The van der Waals surface area contributed by atoms with E-state index in [-0.39, 0.29) is 5.75 Å². The number of ether oxygens (including phenoxy) is 1. The van der Waals surface area contributed by atoms with Crippen molar-refractivity contribution >= 4 is 5.69 Å². The van der Waals surface area contributed by atoms with Crippen LogP contribution in [0.25, 0.3) is 0 Å². The van der Waals surface area contributed by atoms with Crippen LogP contribution in [0.5, 0.6) is 5.75 Å². The lowest BCUT2D eigenvalue weighted by molar-refractivity contribution is -0.274. The zero-order valence-corrected chi connectivity index (χ0v) is 9.50. The minimum Gasteiger partial charge on any atom is -0.406 e. The van der Waals surface area contributed by atoms with Gasteiger partial charge in [-0.3, -0.25) is 0 Å². The lowest BCUT2D eigenvalue weighted by atomic mass is 10.1. The zero-order valence-electron chi connectivity index (χ0n) is 9.50. The summed E-state index contributed by atoms with van der Waals surface area (Å²) in [5, 5.41) is 8.96. The van der Waals surface area contributed by atoms with Gasteiger partial charge >= 0.3 is 6.36 Å². The van der Waals surface area contributed by atoms with Crippen LogP contribution in [0.3, 0.4) is 0 Å². The van der Waals surface area contributed by atoms with Crippen LogP contribution < -0.4 is 9.64 Å². The Bertz CT molecular complexity index is 473. The zero-order chi connectivity index (χ0) is 13.2. The number of rotatable bonds is 2. The Labute approximate surface area is 102 Å². The number of anilines is 1. The molecule has 0 bridgehead atoms. The first kappa shape index (κ1) is 12.6. The second kappa shape index (κ2) is 4.77. The minimum atomic E-state index is -4.71. The quantitative estimate of drug-likeness (QED) is 0.815. The molecule has 0 unspecified atom stereocenters. The molecule has 6 heteroatoms. The van der Waals surface area contributed by atoms with Gasteiger partial charge in [-0.05, 0) is 25.0 Å². The number of alkyl halides is 3. The molecule has 18 heavy (non-hydrogen) atoms. The van der Waals surface area contributed by atoms with Crippen LogP contribution in [0.4, 0.5) is 18.9 Å². The maximum Gasteiger partial charge on any atom is 0.573 e. The van der Waals surface area contributed by atoms with Crippen molar-refractivity contribution < 1.29 is 17.9 Å². The second-order valence-electron chi connectivity index (χ2n) is 4.03. The normalized spacial score (nSPS) is 15.6. The van der Waals surface area contributed by atoms with Gasteiger partial charge in [0.05, 0.1) is 11.3 Å². The van der Waals surface area contributed by atoms with E-state index in [0.717, 1.165) is 32.0 Å². The highest BCUT2D eigenvalue weighted by Crippen LogP contribution is 2.31. The molecule has 1 aromatic carbocycles. The maximum atomic E-state index is 12.1. The molecule has 1 saturated heterocycles. The fraction of sp³-hybridized carbons (Fsp3) is 0.417. The van der Waals surface area contributed by atoms with Gasteiger partial charge in [0, 0.05) is 19.2 Å². The van der Waals surface area contributed by atoms with Crippen molar-refractivity contribution in [1.82, 2.24) is 0 Å². The molecule has 0 amide bonds. The number of hydrogen-bond donors (Lipinski definition) is 0. The van der Waals surface area contributed by atoms with Gasteiger partial charge in [0.15, 0.2) is 0 Å². The van der Waals surface area contributed by atoms with Crippen LogP contribution in [0.15, 0.2) is 18.2 Å². The molecule has 0 aromatic heterocycles. The van der Waals surface area contributed by atoms with E-state index in [1.807, 2.05) is 11.0 Å². The van der Waals surface area contributed by atoms with E-state index in [1.165, 1.54) is 12.1 Å². The number of nitriles is 1. The molecule has 0 aliphatic carbocycles. The van der Waals surface area contributed by atoms with Crippen molar-refractivity contribution in [3.63, 3.8) is 0 Å². The van der Waals surface area contributed by atoms with E-state index in [1.54, 1.807) is 0 Å². The third-order valence-electron chi connectivity index (χ3n) is 2.77. The van der Waals surface area contributed by atoms with Crippen molar-refractivity contribution in [1.29, 1.82) is 5.26 Å². The second-order valence-corrected chi connectivity index (χ2v) is 4.03. The van der Waals surface area contributed by atoms with E-state index >= 15 is 0 Å². The van der Waals surface area contributed by atoms with Crippen LogP contribution >= 0.6 is 0 Å². The number of nitrogens with zero attached hydrogens (tertiary/aromatic N) is 2. The van der Waals surface area contributed by atoms with Crippen LogP contribution in [-0.2, 0) is 0 Å². The molecule has 1 heterocycles. The van der Waals surface area contributed by atoms with Crippen LogP contribution in [0.1, 0.15) is 18.4 Å². The summed E-state index contributed by atoms with van der Waals surface area (Å²) in [6.07, 6.45) is -2.75. The highest BCUT2D eigenvalue weighted by Gasteiger charge is 2.31. The molecule has 1 aromatic rings. The van der Waals surface area contributed by atoms with Crippen molar-refractivity contribution in [2.45, 2.75) is 19.2 Å². The Morgan fingerprint density at radius 1 is 1.22 bits per heavy atom. The highest BCUT2D eigenvalue weighted by atomic mass is 19.4. The van der Waals surface area contributed by atoms with Gasteiger partial charge in [0.25, 0.3) is 0 Å². The summed E-state index contributed by atoms with van der Waals surface area (Å²) < 4.78 is 40.3. The molecule has 0 N–H and O–H groups in total.